The van der Waals surface area contributed by atoms with Gasteiger partial charge < -0.3 is 9.47 Å². The van der Waals surface area contributed by atoms with E-state index in [0.717, 1.165) is 29.5 Å². The highest BCUT2D eigenvalue weighted by Gasteiger charge is 2.22. The first-order valence-corrected chi connectivity index (χ1v) is 6.52. The van der Waals surface area contributed by atoms with Crippen LogP contribution in [0.25, 0.3) is 0 Å². The highest BCUT2D eigenvalue weighted by molar-refractivity contribution is 9.10. The third-order valence-corrected chi connectivity index (χ3v) is 3.50. The van der Waals surface area contributed by atoms with Gasteiger partial charge in [-0.05, 0) is 37.5 Å². The van der Waals surface area contributed by atoms with E-state index >= 15 is 0 Å². The molecule has 16 heavy (non-hydrogen) atoms. The van der Waals surface area contributed by atoms with E-state index in [1.54, 1.807) is 7.11 Å². The molecule has 0 aromatic heterocycles. The number of hydrogen-bond acceptors (Lipinski definition) is 2. The Morgan fingerprint density at radius 3 is 2.81 bits per heavy atom. The first-order chi connectivity index (χ1) is 7.78. The van der Waals surface area contributed by atoms with Gasteiger partial charge in [0.1, 0.15) is 11.9 Å². The molecule has 0 radical (unpaired) electrons. The minimum absolute atomic E-state index is 0.299. The molecule has 0 amide bonds. The van der Waals surface area contributed by atoms with Gasteiger partial charge in [0.25, 0.3) is 0 Å². The summed E-state index contributed by atoms with van der Waals surface area (Å²) in [6, 6.07) is 8.01. The van der Waals surface area contributed by atoms with Crippen molar-refractivity contribution in [2.75, 3.05) is 7.11 Å². The maximum absolute atomic E-state index is 5.96. The number of hydrogen-bond donors (Lipinski definition) is 0. The van der Waals surface area contributed by atoms with Crippen molar-refractivity contribution in [1.29, 1.82) is 0 Å². The quantitative estimate of drug-likeness (QED) is 0.841. The third-order valence-electron chi connectivity index (χ3n) is 3.01. The largest absolute Gasteiger partial charge is 0.490 e. The topological polar surface area (TPSA) is 18.5 Å². The van der Waals surface area contributed by atoms with E-state index in [2.05, 4.69) is 15.9 Å². The van der Waals surface area contributed by atoms with Crippen LogP contribution in [0.5, 0.6) is 5.75 Å². The summed E-state index contributed by atoms with van der Waals surface area (Å²) >= 11 is 3.45. The number of halogens is 1. The molecule has 3 heteroatoms. The van der Waals surface area contributed by atoms with E-state index in [1.165, 1.54) is 6.42 Å². The summed E-state index contributed by atoms with van der Waals surface area (Å²) in [5, 5.41) is 0. The lowest BCUT2D eigenvalue weighted by atomic mass is 9.95. The van der Waals surface area contributed by atoms with Crippen molar-refractivity contribution in [1.82, 2.24) is 0 Å². The molecule has 0 heterocycles. The van der Waals surface area contributed by atoms with Gasteiger partial charge in [-0.1, -0.05) is 22.0 Å². The molecule has 2 atom stereocenters. The summed E-state index contributed by atoms with van der Waals surface area (Å²) in [5.74, 6) is 0.941. The summed E-state index contributed by atoms with van der Waals surface area (Å²) in [6.45, 7) is 0. The van der Waals surface area contributed by atoms with Crippen LogP contribution in [-0.2, 0) is 4.74 Å². The van der Waals surface area contributed by atoms with E-state index in [9.17, 15) is 0 Å². The first-order valence-electron chi connectivity index (χ1n) is 5.73. The zero-order chi connectivity index (χ0) is 11.4. The maximum Gasteiger partial charge on any atom is 0.120 e. The Hall–Kier alpha value is -0.540. The smallest absolute Gasteiger partial charge is 0.120 e. The van der Waals surface area contributed by atoms with Crippen LogP contribution in [0.4, 0.5) is 0 Å². The van der Waals surface area contributed by atoms with Crippen molar-refractivity contribution in [3.05, 3.63) is 28.7 Å². The van der Waals surface area contributed by atoms with E-state index in [4.69, 9.17) is 9.47 Å². The molecule has 2 rings (SSSR count). The van der Waals surface area contributed by atoms with Crippen LogP contribution < -0.4 is 4.74 Å². The first kappa shape index (κ1) is 11.9. The van der Waals surface area contributed by atoms with Gasteiger partial charge in [0.15, 0.2) is 0 Å². The summed E-state index contributed by atoms with van der Waals surface area (Å²) in [7, 11) is 1.78. The zero-order valence-electron chi connectivity index (χ0n) is 9.49. The zero-order valence-corrected chi connectivity index (χ0v) is 11.1. The second kappa shape index (κ2) is 5.69. The number of ether oxygens (including phenoxy) is 2. The fourth-order valence-electron chi connectivity index (χ4n) is 2.16. The minimum atomic E-state index is 0.299. The molecular formula is C13H17BrO2. The van der Waals surface area contributed by atoms with Gasteiger partial charge in [-0.3, -0.25) is 0 Å². The maximum atomic E-state index is 5.96. The Labute approximate surface area is 105 Å². The van der Waals surface area contributed by atoms with E-state index in [0.29, 0.717) is 12.2 Å². The van der Waals surface area contributed by atoms with Crippen LogP contribution in [-0.4, -0.2) is 19.3 Å². The van der Waals surface area contributed by atoms with Crippen molar-refractivity contribution < 1.29 is 9.47 Å². The second-order valence-electron chi connectivity index (χ2n) is 4.22. The van der Waals surface area contributed by atoms with Crippen molar-refractivity contribution >= 4 is 15.9 Å². The van der Waals surface area contributed by atoms with Gasteiger partial charge in [-0.25, -0.2) is 0 Å². The van der Waals surface area contributed by atoms with Crippen LogP contribution >= 0.6 is 15.9 Å². The molecule has 1 saturated carbocycles. The van der Waals surface area contributed by atoms with Crippen molar-refractivity contribution in [2.45, 2.75) is 37.9 Å². The Kier molecular flexibility index (Phi) is 4.24. The van der Waals surface area contributed by atoms with Crippen LogP contribution in [0.1, 0.15) is 25.7 Å². The number of benzene rings is 1. The molecule has 2 unspecified atom stereocenters. The Bertz CT molecular complexity index is 340. The normalized spacial score (nSPS) is 25.4. The Morgan fingerprint density at radius 2 is 2.06 bits per heavy atom. The van der Waals surface area contributed by atoms with Crippen molar-refractivity contribution in [3.63, 3.8) is 0 Å². The minimum Gasteiger partial charge on any atom is -0.490 e. The van der Waals surface area contributed by atoms with E-state index in [-0.39, 0.29) is 0 Å². The van der Waals surface area contributed by atoms with Gasteiger partial charge in [0, 0.05) is 18.0 Å². The average Bonchev–Trinajstić information content (AvgIpc) is 2.29. The van der Waals surface area contributed by atoms with Gasteiger partial charge >= 0.3 is 0 Å². The molecule has 0 spiro atoms. The van der Waals surface area contributed by atoms with Crippen molar-refractivity contribution in [3.8, 4) is 5.75 Å². The molecule has 1 aliphatic rings. The predicted octanol–water partition coefficient (Wildman–Crippen LogP) is 3.79. The Morgan fingerprint density at radius 1 is 1.25 bits per heavy atom. The lowest BCUT2D eigenvalue weighted by molar-refractivity contribution is 0.0209. The summed E-state index contributed by atoms with van der Waals surface area (Å²) < 4.78 is 12.4. The third kappa shape index (κ3) is 3.22. The fourth-order valence-corrected chi connectivity index (χ4v) is 2.53. The standard InChI is InChI=1S/C13H17BrO2/c1-15-11-5-3-7-13(9-11)16-12-6-2-4-10(14)8-12/h2,4,6,8,11,13H,3,5,7,9H2,1H3. The average molecular weight is 285 g/mol. The second-order valence-corrected chi connectivity index (χ2v) is 5.14. The molecule has 88 valence electrons. The molecule has 1 aliphatic carbocycles. The van der Waals surface area contributed by atoms with Gasteiger partial charge in [-0.2, -0.15) is 0 Å². The van der Waals surface area contributed by atoms with E-state index in [1.807, 2.05) is 24.3 Å². The monoisotopic (exact) mass is 284 g/mol. The predicted molar refractivity (Wildman–Crippen MR) is 67.8 cm³/mol. The lowest BCUT2D eigenvalue weighted by Crippen LogP contribution is -2.29. The van der Waals surface area contributed by atoms with Crippen LogP contribution in [0.15, 0.2) is 28.7 Å². The molecule has 1 aromatic carbocycles. The SMILES string of the molecule is COC1CCCC(Oc2cccc(Br)c2)C1. The van der Waals surface area contributed by atoms with E-state index < -0.39 is 0 Å². The molecule has 0 bridgehead atoms. The van der Waals surface area contributed by atoms with Gasteiger partial charge in [-0.15, -0.1) is 0 Å². The van der Waals surface area contributed by atoms with Crippen molar-refractivity contribution in [2.24, 2.45) is 0 Å². The highest BCUT2D eigenvalue weighted by atomic mass is 79.9. The van der Waals surface area contributed by atoms with Gasteiger partial charge in [0.2, 0.25) is 0 Å². The fraction of sp³-hybridized carbons (Fsp3) is 0.538. The van der Waals surface area contributed by atoms with Gasteiger partial charge in [0.05, 0.1) is 6.10 Å². The molecular weight excluding hydrogens is 268 g/mol. The summed E-state index contributed by atoms with van der Waals surface area (Å²) in [6.07, 6.45) is 5.15. The number of rotatable bonds is 3. The molecule has 0 aliphatic heterocycles. The molecule has 0 N–H and O–H groups in total. The molecule has 2 nitrogen and oxygen atoms in total. The molecule has 1 fully saturated rings. The highest BCUT2D eigenvalue weighted by Crippen LogP contribution is 2.26. The van der Waals surface area contributed by atoms with Crippen LogP contribution in [0.3, 0.4) is 0 Å². The molecule has 0 saturated heterocycles. The van der Waals surface area contributed by atoms with Crippen LogP contribution in [0.2, 0.25) is 0 Å². The molecule has 1 aromatic rings. The summed E-state index contributed by atoms with van der Waals surface area (Å²) in [4.78, 5) is 0. The summed E-state index contributed by atoms with van der Waals surface area (Å²) in [5.41, 5.74) is 0. The number of methoxy groups -OCH3 is 1. The van der Waals surface area contributed by atoms with Crippen LogP contribution in [0, 0.1) is 0 Å². The lowest BCUT2D eigenvalue weighted by Gasteiger charge is -2.28. The Balaban J connectivity index is 1.94.